The number of hydrogen-bond donors (Lipinski definition) is 4. The third-order valence-corrected chi connectivity index (χ3v) is 13.7. The van der Waals surface area contributed by atoms with Gasteiger partial charge in [0.15, 0.2) is 12.1 Å². The Labute approximate surface area is 417 Å². The molecule has 0 radical (unpaired) electrons. The van der Waals surface area contributed by atoms with Gasteiger partial charge in [-0.15, -0.1) is 0 Å². The van der Waals surface area contributed by atoms with Crippen LogP contribution in [0.5, 0.6) is 0 Å². The number of carbonyl (C=O) groups excluding carboxylic acids is 1. The zero-order chi connectivity index (χ0) is 49.2. The Hall–Kier alpha value is -1.89. The van der Waals surface area contributed by atoms with Gasteiger partial charge in [-0.3, -0.25) is 4.79 Å². The van der Waals surface area contributed by atoms with Crippen molar-refractivity contribution in [2.75, 3.05) is 39.9 Å². The molecule has 2 aliphatic rings. The first-order valence-corrected chi connectivity index (χ1v) is 28.4. The molecule has 0 aliphatic carbocycles. The van der Waals surface area contributed by atoms with Crippen molar-refractivity contribution in [1.82, 2.24) is 10.2 Å². The maximum absolute atomic E-state index is 12.3. The molecule has 0 spiro atoms. The second kappa shape index (κ2) is 42.8. The van der Waals surface area contributed by atoms with Crippen LogP contribution in [0.3, 0.4) is 0 Å². The zero-order valence-corrected chi connectivity index (χ0v) is 44.3. The first-order chi connectivity index (χ1) is 33.2. The van der Waals surface area contributed by atoms with Crippen molar-refractivity contribution < 1.29 is 39.1 Å². The molecule has 0 aromatic rings. The van der Waals surface area contributed by atoms with Crippen LogP contribution in [0.4, 0.5) is 0 Å². The SMILES string of the molecule is CCCCC/C=C\C/C=C\CCCCCCCCC1(CCCCCCCC/C=C\C/C=C\CCCCC)OCC(CCN(C)CCCCCNC(=O)CCCCOC2OC(C)C(O)C(O)C2O)O1. The molecule has 2 saturated heterocycles. The van der Waals surface area contributed by atoms with Crippen LogP contribution in [0.2, 0.25) is 0 Å². The van der Waals surface area contributed by atoms with Crippen molar-refractivity contribution in [3.63, 3.8) is 0 Å². The van der Waals surface area contributed by atoms with Crippen molar-refractivity contribution in [2.24, 2.45) is 0 Å². The molecular formula is C58H106N2O8. The van der Waals surface area contributed by atoms with Crippen LogP contribution < -0.4 is 5.32 Å². The molecule has 0 bridgehead atoms. The molecule has 6 atom stereocenters. The third-order valence-electron chi connectivity index (χ3n) is 13.7. The molecule has 2 aliphatic heterocycles. The summed E-state index contributed by atoms with van der Waals surface area (Å²) in [6, 6.07) is 0. The third kappa shape index (κ3) is 32.2. The number of hydrogen-bond acceptors (Lipinski definition) is 9. The van der Waals surface area contributed by atoms with Gasteiger partial charge in [0.2, 0.25) is 5.91 Å². The van der Waals surface area contributed by atoms with Crippen LogP contribution in [0.1, 0.15) is 233 Å². The Morgan fingerprint density at radius 2 is 1.13 bits per heavy atom. The standard InChI is InChI=1S/C58H106N2O8/c1-5-7-9-11-13-15-17-19-21-23-25-27-29-31-33-37-44-58(45-38-34-32-30-28-26-24-22-20-18-16-14-12-10-8-6-2)66-50-52(68-58)43-48-60(4)47-40-35-39-46-59-53(61)42-36-41-49-65-57-56(64)55(63)54(62)51(3)67-57/h13-16,19-22,51-52,54-57,62-64H,5-12,17-18,23-50H2,1-4H3,(H,59,61)/b15-13-,16-14-,21-19-,22-20-. The smallest absolute Gasteiger partial charge is 0.219 e. The summed E-state index contributed by atoms with van der Waals surface area (Å²) < 4.78 is 24.5. The minimum Gasteiger partial charge on any atom is -0.388 e. The van der Waals surface area contributed by atoms with Crippen LogP contribution in [-0.4, -0.2) is 109 Å². The van der Waals surface area contributed by atoms with Gasteiger partial charge >= 0.3 is 0 Å². The summed E-state index contributed by atoms with van der Waals surface area (Å²) in [5.74, 6) is -0.372. The van der Waals surface area contributed by atoms with E-state index in [1.807, 2.05) is 0 Å². The van der Waals surface area contributed by atoms with E-state index in [2.05, 4.69) is 79.7 Å². The predicted octanol–water partition coefficient (Wildman–Crippen LogP) is 13.1. The summed E-state index contributed by atoms with van der Waals surface area (Å²) in [7, 11) is 2.20. The lowest BCUT2D eigenvalue weighted by Gasteiger charge is -2.38. The average Bonchev–Trinajstić information content (AvgIpc) is 3.75. The monoisotopic (exact) mass is 959 g/mol. The Morgan fingerprint density at radius 3 is 1.69 bits per heavy atom. The quantitative estimate of drug-likeness (QED) is 0.0348. The lowest BCUT2D eigenvalue weighted by atomic mass is 9.98. The van der Waals surface area contributed by atoms with Crippen LogP contribution in [0, 0.1) is 0 Å². The number of aliphatic hydroxyl groups excluding tert-OH is 3. The summed E-state index contributed by atoms with van der Waals surface area (Å²) in [5, 5.41) is 32.9. The summed E-state index contributed by atoms with van der Waals surface area (Å²) in [5.41, 5.74) is 0. The zero-order valence-electron chi connectivity index (χ0n) is 44.3. The van der Waals surface area contributed by atoms with Crippen LogP contribution in [-0.2, 0) is 23.7 Å². The van der Waals surface area contributed by atoms with E-state index in [0.717, 1.165) is 64.5 Å². The number of allylic oxidation sites excluding steroid dienone is 8. The molecule has 10 nitrogen and oxygen atoms in total. The molecule has 4 N–H and O–H groups in total. The van der Waals surface area contributed by atoms with Gasteiger partial charge in [0, 0.05) is 39.0 Å². The van der Waals surface area contributed by atoms with Crippen molar-refractivity contribution in [3.05, 3.63) is 48.6 Å². The molecule has 2 heterocycles. The highest BCUT2D eigenvalue weighted by Gasteiger charge is 2.42. The van der Waals surface area contributed by atoms with Gasteiger partial charge in [-0.25, -0.2) is 0 Å². The normalized spacial score (nSPS) is 22.1. The second-order valence-electron chi connectivity index (χ2n) is 20.1. The largest absolute Gasteiger partial charge is 0.388 e. The van der Waals surface area contributed by atoms with E-state index in [-0.39, 0.29) is 12.0 Å². The van der Waals surface area contributed by atoms with Gasteiger partial charge in [0.05, 0.1) is 18.8 Å². The summed E-state index contributed by atoms with van der Waals surface area (Å²) in [6.07, 6.45) is 51.6. The fourth-order valence-electron chi connectivity index (χ4n) is 9.13. The Balaban J connectivity index is 1.61. The van der Waals surface area contributed by atoms with Crippen molar-refractivity contribution in [1.29, 1.82) is 0 Å². The van der Waals surface area contributed by atoms with E-state index in [0.29, 0.717) is 39.0 Å². The molecule has 0 aromatic heterocycles. The van der Waals surface area contributed by atoms with E-state index in [1.165, 1.54) is 141 Å². The molecule has 10 heteroatoms. The number of nitrogens with one attached hydrogen (secondary N) is 1. The highest BCUT2D eigenvalue weighted by molar-refractivity contribution is 5.75. The lowest BCUT2D eigenvalue weighted by molar-refractivity contribution is -0.293. The van der Waals surface area contributed by atoms with Gasteiger partial charge in [-0.2, -0.15) is 0 Å². The maximum atomic E-state index is 12.3. The molecule has 0 saturated carbocycles. The molecular weight excluding hydrogens is 853 g/mol. The topological polar surface area (TPSA) is 130 Å². The highest BCUT2D eigenvalue weighted by atomic mass is 16.7. The molecule has 2 rings (SSSR count). The Kier molecular flexibility index (Phi) is 39.1. The van der Waals surface area contributed by atoms with E-state index >= 15 is 0 Å². The van der Waals surface area contributed by atoms with Crippen LogP contribution in [0.25, 0.3) is 0 Å². The van der Waals surface area contributed by atoms with Crippen molar-refractivity contribution >= 4 is 5.91 Å². The fraction of sp³-hybridized carbons (Fsp3) is 0.845. The van der Waals surface area contributed by atoms with Crippen molar-refractivity contribution in [3.8, 4) is 0 Å². The first-order valence-electron chi connectivity index (χ1n) is 28.4. The van der Waals surface area contributed by atoms with Gasteiger partial charge < -0.3 is 44.5 Å². The lowest BCUT2D eigenvalue weighted by Crippen LogP contribution is -2.57. The summed E-state index contributed by atoms with van der Waals surface area (Å²) in [4.78, 5) is 14.8. The maximum Gasteiger partial charge on any atom is 0.219 e. The minimum atomic E-state index is -1.31. The molecule has 1 amide bonds. The minimum absolute atomic E-state index is 0.0371. The van der Waals surface area contributed by atoms with Gasteiger partial charge in [-0.05, 0) is 130 Å². The number of carbonyl (C=O) groups is 1. The van der Waals surface area contributed by atoms with E-state index in [9.17, 15) is 20.1 Å². The average molecular weight is 959 g/mol. The Bertz CT molecular complexity index is 1240. The molecule has 0 aromatic carbocycles. The van der Waals surface area contributed by atoms with E-state index < -0.39 is 36.5 Å². The second-order valence-corrected chi connectivity index (χ2v) is 20.1. The number of unbranched alkanes of at least 4 members (excludes halogenated alkanes) is 21. The summed E-state index contributed by atoms with van der Waals surface area (Å²) in [6.45, 7) is 9.86. The number of rotatable bonds is 45. The molecule has 6 unspecified atom stereocenters. The van der Waals surface area contributed by atoms with Gasteiger partial charge in [-0.1, -0.05) is 146 Å². The molecule has 2 fully saturated rings. The molecule has 396 valence electrons. The molecule has 68 heavy (non-hydrogen) atoms. The number of ether oxygens (including phenoxy) is 4. The predicted molar refractivity (Wildman–Crippen MR) is 283 cm³/mol. The number of aliphatic hydroxyl groups is 3. The Morgan fingerprint density at radius 1 is 0.618 bits per heavy atom. The summed E-state index contributed by atoms with van der Waals surface area (Å²) >= 11 is 0. The number of amides is 1. The fourth-order valence-corrected chi connectivity index (χ4v) is 9.13. The van der Waals surface area contributed by atoms with Crippen molar-refractivity contribution in [2.45, 2.75) is 275 Å². The number of nitrogens with zero attached hydrogens (tertiary/aromatic N) is 1. The van der Waals surface area contributed by atoms with E-state index in [1.54, 1.807) is 6.92 Å². The first kappa shape index (κ1) is 62.2. The highest BCUT2D eigenvalue weighted by Crippen LogP contribution is 2.36. The van der Waals surface area contributed by atoms with Gasteiger partial charge in [0.1, 0.15) is 18.3 Å². The van der Waals surface area contributed by atoms with Crippen LogP contribution >= 0.6 is 0 Å². The van der Waals surface area contributed by atoms with Gasteiger partial charge in [0.25, 0.3) is 0 Å². The van der Waals surface area contributed by atoms with Crippen LogP contribution in [0.15, 0.2) is 48.6 Å². The van der Waals surface area contributed by atoms with E-state index in [4.69, 9.17) is 18.9 Å².